The zero-order chi connectivity index (χ0) is 20.2. The second-order valence-electron chi connectivity index (χ2n) is 6.12. The molecule has 9 heteroatoms. The summed E-state index contributed by atoms with van der Waals surface area (Å²) in [7, 11) is 0. The Hall–Kier alpha value is -4.14. The quantitative estimate of drug-likeness (QED) is 0.542. The summed E-state index contributed by atoms with van der Waals surface area (Å²) in [6, 6.07) is 11.9. The molecular formula is C20H16FN7O. The van der Waals surface area contributed by atoms with Gasteiger partial charge in [-0.2, -0.15) is 5.10 Å². The zero-order valence-electron chi connectivity index (χ0n) is 15.4. The second kappa shape index (κ2) is 7.85. The third-order valence-corrected chi connectivity index (χ3v) is 4.00. The topological polar surface area (TPSA) is 97.6 Å². The molecule has 2 N–H and O–H groups in total. The maximum atomic E-state index is 13.7. The summed E-state index contributed by atoms with van der Waals surface area (Å²) >= 11 is 0. The molecule has 1 amide bonds. The molecule has 0 spiro atoms. The monoisotopic (exact) mass is 389 g/mol. The average Bonchev–Trinajstić information content (AvgIpc) is 3.24. The zero-order valence-corrected chi connectivity index (χ0v) is 15.4. The predicted octanol–water partition coefficient (Wildman–Crippen LogP) is 3.50. The van der Waals surface area contributed by atoms with E-state index in [9.17, 15) is 9.18 Å². The highest BCUT2D eigenvalue weighted by atomic mass is 19.1. The number of carbonyl (C=O) groups is 1. The summed E-state index contributed by atoms with van der Waals surface area (Å²) in [6.45, 7) is 1.80. The Kier molecular flexibility index (Phi) is 4.93. The molecule has 0 radical (unpaired) electrons. The molecule has 8 nitrogen and oxygen atoms in total. The van der Waals surface area contributed by atoms with Crippen LogP contribution in [0.1, 0.15) is 16.2 Å². The molecule has 0 aliphatic rings. The molecule has 29 heavy (non-hydrogen) atoms. The first-order valence-electron chi connectivity index (χ1n) is 8.72. The van der Waals surface area contributed by atoms with Crippen LogP contribution in [0, 0.1) is 12.7 Å². The van der Waals surface area contributed by atoms with Crippen molar-refractivity contribution < 1.29 is 9.18 Å². The van der Waals surface area contributed by atoms with Crippen LogP contribution in [0.25, 0.3) is 5.82 Å². The van der Waals surface area contributed by atoms with Crippen molar-refractivity contribution >= 4 is 23.1 Å². The molecule has 3 aromatic heterocycles. The molecule has 3 heterocycles. The Balaban J connectivity index is 1.48. The number of pyridine rings is 1. The van der Waals surface area contributed by atoms with Crippen LogP contribution in [-0.2, 0) is 0 Å². The lowest BCUT2D eigenvalue weighted by atomic mass is 10.2. The Bertz CT molecular complexity index is 1140. The van der Waals surface area contributed by atoms with Crippen molar-refractivity contribution in [2.45, 2.75) is 6.92 Å². The Morgan fingerprint density at radius 3 is 2.59 bits per heavy atom. The minimum absolute atomic E-state index is 0.0650. The summed E-state index contributed by atoms with van der Waals surface area (Å²) in [5.41, 5.74) is 1.24. The van der Waals surface area contributed by atoms with Crippen LogP contribution in [0.15, 0.2) is 67.3 Å². The minimum Gasteiger partial charge on any atom is -0.340 e. The van der Waals surface area contributed by atoms with E-state index in [4.69, 9.17) is 0 Å². The van der Waals surface area contributed by atoms with E-state index in [0.29, 0.717) is 23.1 Å². The fourth-order valence-corrected chi connectivity index (χ4v) is 2.68. The van der Waals surface area contributed by atoms with Gasteiger partial charge >= 0.3 is 0 Å². The van der Waals surface area contributed by atoms with E-state index in [1.165, 1.54) is 12.3 Å². The number of halogens is 1. The molecule has 0 aliphatic heterocycles. The summed E-state index contributed by atoms with van der Waals surface area (Å²) in [5, 5.41) is 10.0. The van der Waals surface area contributed by atoms with Gasteiger partial charge in [0.25, 0.3) is 5.91 Å². The molecular weight excluding hydrogens is 373 g/mol. The van der Waals surface area contributed by atoms with Crippen molar-refractivity contribution in [1.29, 1.82) is 0 Å². The summed E-state index contributed by atoms with van der Waals surface area (Å²) in [6.07, 6.45) is 5.85. The number of nitrogens with zero attached hydrogens (tertiary/aromatic N) is 5. The highest BCUT2D eigenvalue weighted by molar-refractivity contribution is 6.04. The fourth-order valence-electron chi connectivity index (χ4n) is 2.68. The highest BCUT2D eigenvalue weighted by Crippen LogP contribution is 2.20. The third kappa shape index (κ3) is 4.24. The Morgan fingerprint density at radius 2 is 1.86 bits per heavy atom. The Labute approximate surface area is 165 Å². The highest BCUT2D eigenvalue weighted by Gasteiger charge is 2.11. The van der Waals surface area contributed by atoms with Crippen LogP contribution in [0.3, 0.4) is 0 Å². The smallest absolute Gasteiger partial charge is 0.258 e. The molecule has 0 atom stereocenters. The summed E-state index contributed by atoms with van der Waals surface area (Å²) < 4.78 is 15.3. The third-order valence-electron chi connectivity index (χ3n) is 4.00. The van der Waals surface area contributed by atoms with E-state index in [1.54, 1.807) is 54.3 Å². The minimum atomic E-state index is -0.671. The number of carbonyl (C=O) groups excluding carboxylic acids is 1. The van der Waals surface area contributed by atoms with E-state index in [1.807, 2.05) is 6.07 Å². The number of aromatic nitrogens is 5. The lowest BCUT2D eigenvalue weighted by Crippen LogP contribution is -2.13. The number of amides is 1. The van der Waals surface area contributed by atoms with Gasteiger partial charge in [-0.05, 0) is 43.3 Å². The number of hydrogen-bond donors (Lipinski definition) is 2. The van der Waals surface area contributed by atoms with Gasteiger partial charge in [-0.1, -0.05) is 0 Å². The van der Waals surface area contributed by atoms with E-state index < -0.39 is 11.7 Å². The van der Waals surface area contributed by atoms with Gasteiger partial charge in [0.15, 0.2) is 11.6 Å². The van der Waals surface area contributed by atoms with Crippen molar-refractivity contribution in [3.05, 3.63) is 84.5 Å². The van der Waals surface area contributed by atoms with Gasteiger partial charge in [0.05, 0.1) is 11.8 Å². The van der Waals surface area contributed by atoms with Crippen LogP contribution in [-0.4, -0.2) is 30.6 Å². The summed E-state index contributed by atoms with van der Waals surface area (Å²) in [4.78, 5) is 24.6. The summed E-state index contributed by atoms with van der Waals surface area (Å²) in [5.74, 6) is 0.645. The molecule has 0 saturated carbocycles. The molecule has 4 aromatic rings. The number of nitrogens with one attached hydrogen (secondary N) is 2. The van der Waals surface area contributed by atoms with Gasteiger partial charge in [-0.3, -0.25) is 9.78 Å². The van der Waals surface area contributed by atoms with Crippen LogP contribution >= 0.6 is 0 Å². The molecule has 0 fully saturated rings. The van der Waals surface area contributed by atoms with E-state index in [2.05, 4.69) is 30.7 Å². The van der Waals surface area contributed by atoms with Gasteiger partial charge in [-0.25, -0.2) is 19.0 Å². The number of anilines is 3. The van der Waals surface area contributed by atoms with Gasteiger partial charge in [-0.15, -0.1) is 0 Å². The maximum absolute atomic E-state index is 13.7. The molecule has 0 bridgehead atoms. The molecule has 4 rings (SSSR count). The van der Waals surface area contributed by atoms with Gasteiger partial charge < -0.3 is 10.6 Å². The van der Waals surface area contributed by atoms with E-state index in [0.717, 1.165) is 11.9 Å². The van der Waals surface area contributed by atoms with Crippen LogP contribution in [0.4, 0.5) is 21.6 Å². The fraction of sp³-hybridized carbons (Fsp3) is 0.0500. The van der Waals surface area contributed by atoms with Crippen molar-refractivity contribution in [2.24, 2.45) is 0 Å². The average molecular weight is 389 g/mol. The normalized spacial score (nSPS) is 10.6. The molecule has 144 valence electrons. The number of hydrogen-bond acceptors (Lipinski definition) is 6. The lowest BCUT2D eigenvalue weighted by Gasteiger charge is -2.10. The number of aryl methyl sites for hydroxylation is 1. The number of rotatable bonds is 5. The Morgan fingerprint density at radius 1 is 1.07 bits per heavy atom. The second-order valence-corrected chi connectivity index (χ2v) is 6.12. The van der Waals surface area contributed by atoms with Crippen LogP contribution in [0.2, 0.25) is 0 Å². The first-order valence-corrected chi connectivity index (χ1v) is 8.72. The largest absolute Gasteiger partial charge is 0.340 e. The number of benzene rings is 1. The van der Waals surface area contributed by atoms with Crippen molar-refractivity contribution in [1.82, 2.24) is 24.7 Å². The van der Waals surface area contributed by atoms with Gasteiger partial charge in [0.2, 0.25) is 0 Å². The molecule has 0 saturated heterocycles. The van der Waals surface area contributed by atoms with Crippen LogP contribution < -0.4 is 10.6 Å². The first kappa shape index (κ1) is 18.2. The van der Waals surface area contributed by atoms with Gasteiger partial charge in [0, 0.05) is 36.0 Å². The molecule has 0 unspecified atom stereocenters. The van der Waals surface area contributed by atoms with E-state index >= 15 is 0 Å². The molecule has 0 aliphatic carbocycles. The lowest BCUT2D eigenvalue weighted by molar-refractivity contribution is 0.102. The van der Waals surface area contributed by atoms with Crippen molar-refractivity contribution in [3.8, 4) is 5.82 Å². The SMILES string of the molecule is Cc1nc(Nc2ccc(NC(=O)c3ccncc3F)cc2)cc(-n2cccn2)n1. The maximum Gasteiger partial charge on any atom is 0.258 e. The van der Waals surface area contributed by atoms with Crippen molar-refractivity contribution in [3.63, 3.8) is 0 Å². The first-order chi connectivity index (χ1) is 14.1. The van der Waals surface area contributed by atoms with Gasteiger partial charge in [0.1, 0.15) is 11.6 Å². The molecule has 1 aromatic carbocycles. The van der Waals surface area contributed by atoms with Crippen LogP contribution in [0.5, 0.6) is 0 Å². The van der Waals surface area contributed by atoms with Crippen molar-refractivity contribution in [2.75, 3.05) is 10.6 Å². The predicted molar refractivity (Wildman–Crippen MR) is 106 cm³/mol. The van der Waals surface area contributed by atoms with E-state index in [-0.39, 0.29) is 5.56 Å². The standard InChI is InChI=1S/C20H16FN7O/c1-13-24-18(11-19(25-13)28-10-2-8-23-28)26-14-3-5-15(6-4-14)27-20(29)16-7-9-22-12-17(16)21/h2-12H,1H3,(H,27,29)(H,24,25,26).